The molecule has 110 valence electrons. The Hall–Kier alpha value is -2.13. The minimum atomic E-state index is -0.103. The molecule has 3 heteroatoms. The largest absolute Gasteiger partial charge is 0.380 e. The standard InChI is InChI=1S/C18H21NO2/c1-13(2)15-7-5-9-17(11-15)19-18(20)16-8-4-6-14(10-16)12-21-3/h4-11,13H,12H2,1-3H3,(H,19,20). The van der Waals surface area contributed by atoms with E-state index in [0.29, 0.717) is 18.1 Å². The molecule has 0 aromatic heterocycles. The van der Waals surface area contributed by atoms with Crippen molar-refractivity contribution in [3.8, 4) is 0 Å². The number of methoxy groups -OCH3 is 1. The molecule has 0 aliphatic heterocycles. The monoisotopic (exact) mass is 283 g/mol. The van der Waals surface area contributed by atoms with Gasteiger partial charge in [-0.15, -0.1) is 0 Å². The summed E-state index contributed by atoms with van der Waals surface area (Å²) in [7, 11) is 1.64. The van der Waals surface area contributed by atoms with Crippen LogP contribution in [0.3, 0.4) is 0 Å². The van der Waals surface area contributed by atoms with Crippen LogP contribution >= 0.6 is 0 Å². The molecule has 0 bridgehead atoms. The summed E-state index contributed by atoms with van der Waals surface area (Å²) in [6, 6.07) is 15.4. The van der Waals surface area contributed by atoms with Crippen LogP contribution < -0.4 is 5.32 Å². The molecule has 2 aromatic carbocycles. The van der Waals surface area contributed by atoms with Crippen molar-refractivity contribution in [3.05, 3.63) is 65.2 Å². The topological polar surface area (TPSA) is 38.3 Å². The molecule has 21 heavy (non-hydrogen) atoms. The number of amides is 1. The number of carbonyl (C=O) groups excluding carboxylic acids is 1. The highest BCUT2D eigenvalue weighted by molar-refractivity contribution is 6.04. The first-order chi connectivity index (χ1) is 10.1. The van der Waals surface area contributed by atoms with Crippen LogP contribution in [-0.2, 0) is 11.3 Å². The van der Waals surface area contributed by atoms with Gasteiger partial charge < -0.3 is 10.1 Å². The number of nitrogens with one attached hydrogen (secondary N) is 1. The highest BCUT2D eigenvalue weighted by atomic mass is 16.5. The summed E-state index contributed by atoms with van der Waals surface area (Å²) >= 11 is 0. The summed E-state index contributed by atoms with van der Waals surface area (Å²) in [5.41, 5.74) is 3.66. The van der Waals surface area contributed by atoms with Gasteiger partial charge >= 0.3 is 0 Å². The van der Waals surface area contributed by atoms with Crippen LogP contribution in [0.25, 0.3) is 0 Å². The predicted octanol–water partition coefficient (Wildman–Crippen LogP) is 4.21. The zero-order valence-electron chi connectivity index (χ0n) is 12.7. The maximum absolute atomic E-state index is 12.3. The molecule has 1 amide bonds. The third kappa shape index (κ3) is 4.17. The lowest BCUT2D eigenvalue weighted by Crippen LogP contribution is -2.12. The summed E-state index contributed by atoms with van der Waals surface area (Å²) in [6.07, 6.45) is 0. The molecular formula is C18H21NO2. The van der Waals surface area contributed by atoms with Crippen LogP contribution in [0.5, 0.6) is 0 Å². The lowest BCUT2D eigenvalue weighted by Gasteiger charge is -2.10. The van der Waals surface area contributed by atoms with Crippen LogP contribution in [0.1, 0.15) is 41.3 Å². The maximum atomic E-state index is 12.3. The second kappa shape index (κ2) is 7.04. The number of carbonyl (C=O) groups is 1. The van der Waals surface area contributed by atoms with Crippen molar-refractivity contribution in [2.45, 2.75) is 26.4 Å². The van der Waals surface area contributed by atoms with E-state index in [2.05, 4.69) is 25.2 Å². The Morgan fingerprint density at radius 2 is 1.90 bits per heavy atom. The molecule has 0 radical (unpaired) electrons. The molecule has 0 aliphatic rings. The Labute approximate surface area is 126 Å². The van der Waals surface area contributed by atoms with Gasteiger partial charge in [-0.25, -0.2) is 0 Å². The molecule has 0 aliphatic carbocycles. The minimum absolute atomic E-state index is 0.103. The molecule has 2 rings (SSSR count). The Morgan fingerprint density at radius 3 is 2.62 bits per heavy atom. The van der Waals surface area contributed by atoms with Gasteiger partial charge in [0.25, 0.3) is 5.91 Å². The Bertz CT molecular complexity index is 620. The zero-order valence-corrected chi connectivity index (χ0v) is 12.7. The van der Waals surface area contributed by atoms with E-state index in [0.717, 1.165) is 11.3 Å². The van der Waals surface area contributed by atoms with Gasteiger partial charge in [0.1, 0.15) is 0 Å². The lowest BCUT2D eigenvalue weighted by molar-refractivity contribution is 0.102. The second-order valence-corrected chi connectivity index (χ2v) is 5.37. The summed E-state index contributed by atoms with van der Waals surface area (Å²) in [5.74, 6) is 0.334. The molecule has 3 nitrogen and oxygen atoms in total. The average molecular weight is 283 g/mol. The van der Waals surface area contributed by atoms with E-state index in [1.165, 1.54) is 5.56 Å². The summed E-state index contributed by atoms with van der Waals surface area (Å²) in [4.78, 5) is 12.3. The van der Waals surface area contributed by atoms with Crippen molar-refractivity contribution in [1.82, 2.24) is 0 Å². The van der Waals surface area contributed by atoms with E-state index < -0.39 is 0 Å². The third-order valence-electron chi connectivity index (χ3n) is 3.31. The molecular weight excluding hydrogens is 262 g/mol. The highest BCUT2D eigenvalue weighted by Crippen LogP contribution is 2.19. The smallest absolute Gasteiger partial charge is 0.255 e. The molecule has 0 unspecified atom stereocenters. The fraction of sp³-hybridized carbons (Fsp3) is 0.278. The van der Waals surface area contributed by atoms with Crippen molar-refractivity contribution in [2.75, 3.05) is 12.4 Å². The number of benzene rings is 2. The van der Waals surface area contributed by atoms with Crippen LogP contribution in [0.15, 0.2) is 48.5 Å². The number of hydrogen-bond donors (Lipinski definition) is 1. The van der Waals surface area contributed by atoms with Crippen molar-refractivity contribution < 1.29 is 9.53 Å². The lowest BCUT2D eigenvalue weighted by atomic mass is 10.0. The summed E-state index contributed by atoms with van der Waals surface area (Å²) in [5, 5.41) is 2.94. The van der Waals surface area contributed by atoms with E-state index in [9.17, 15) is 4.79 Å². The predicted molar refractivity (Wildman–Crippen MR) is 85.6 cm³/mol. The van der Waals surface area contributed by atoms with E-state index in [4.69, 9.17) is 4.74 Å². The molecule has 0 atom stereocenters. The number of hydrogen-bond acceptors (Lipinski definition) is 2. The first-order valence-electron chi connectivity index (χ1n) is 7.09. The van der Waals surface area contributed by atoms with Gasteiger partial charge in [-0.3, -0.25) is 4.79 Å². The zero-order chi connectivity index (χ0) is 15.2. The van der Waals surface area contributed by atoms with Crippen LogP contribution in [0.4, 0.5) is 5.69 Å². The van der Waals surface area contributed by atoms with Gasteiger partial charge in [0.15, 0.2) is 0 Å². The van der Waals surface area contributed by atoms with Gasteiger partial charge in [-0.05, 0) is 41.3 Å². The average Bonchev–Trinajstić information content (AvgIpc) is 2.48. The summed E-state index contributed by atoms with van der Waals surface area (Å²) < 4.78 is 5.09. The molecule has 1 N–H and O–H groups in total. The first kappa shape index (κ1) is 15.3. The van der Waals surface area contributed by atoms with Gasteiger partial charge in [0, 0.05) is 18.4 Å². The first-order valence-corrected chi connectivity index (χ1v) is 7.09. The Morgan fingerprint density at radius 1 is 1.14 bits per heavy atom. The van der Waals surface area contributed by atoms with Gasteiger partial charge in [-0.1, -0.05) is 38.1 Å². The molecule has 0 heterocycles. The van der Waals surface area contributed by atoms with Gasteiger partial charge in [0.05, 0.1) is 6.61 Å². The molecule has 0 saturated carbocycles. The van der Waals surface area contributed by atoms with E-state index >= 15 is 0 Å². The van der Waals surface area contributed by atoms with Crippen molar-refractivity contribution in [2.24, 2.45) is 0 Å². The quantitative estimate of drug-likeness (QED) is 0.892. The highest BCUT2D eigenvalue weighted by Gasteiger charge is 2.08. The fourth-order valence-electron chi connectivity index (χ4n) is 2.15. The minimum Gasteiger partial charge on any atom is -0.380 e. The third-order valence-corrected chi connectivity index (χ3v) is 3.31. The molecule has 0 saturated heterocycles. The van der Waals surface area contributed by atoms with Crippen LogP contribution in [0.2, 0.25) is 0 Å². The van der Waals surface area contributed by atoms with Crippen molar-refractivity contribution in [1.29, 1.82) is 0 Å². The Balaban J connectivity index is 2.14. The van der Waals surface area contributed by atoms with E-state index in [1.54, 1.807) is 13.2 Å². The Kier molecular flexibility index (Phi) is 5.12. The maximum Gasteiger partial charge on any atom is 0.255 e. The number of ether oxygens (including phenoxy) is 1. The van der Waals surface area contributed by atoms with Crippen LogP contribution in [-0.4, -0.2) is 13.0 Å². The normalized spacial score (nSPS) is 10.7. The van der Waals surface area contributed by atoms with Crippen LogP contribution in [0, 0.1) is 0 Å². The van der Waals surface area contributed by atoms with E-state index in [1.807, 2.05) is 36.4 Å². The second-order valence-electron chi connectivity index (χ2n) is 5.37. The van der Waals surface area contributed by atoms with Gasteiger partial charge in [0.2, 0.25) is 0 Å². The fourth-order valence-corrected chi connectivity index (χ4v) is 2.15. The van der Waals surface area contributed by atoms with Gasteiger partial charge in [-0.2, -0.15) is 0 Å². The molecule has 2 aromatic rings. The van der Waals surface area contributed by atoms with Crippen molar-refractivity contribution >= 4 is 11.6 Å². The van der Waals surface area contributed by atoms with E-state index in [-0.39, 0.29) is 5.91 Å². The molecule has 0 fully saturated rings. The van der Waals surface area contributed by atoms with Crippen molar-refractivity contribution in [3.63, 3.8) is 0 Å². The molecule has 0 spiro atoms. The SMILES string of the molecule is COCc1cccc(C(=O)Nc2cccc(C(C)C)c2)c1. The number of rotatable bonds is 5. The summed E-state index contributed by atoms with van der Waals surface area (Å²) in [6.45, 7) is 4.77. The number of anilines is 1.